The molecule has 0 saturated carbocycles. The van der Waals surface area contributed by atoms with E-state index in [0.29, 0.717) is 11.0 Å². The summed E-state index contributed by atoms with van der Waals surface area (Å²) in [5, 5.41) is 8.59. The predicted octanol–water partition coefficient (Wildman–Crippen LogP) is 3.35. The van der Waals surface area contributed by atoms with Gasteiger partial charge in [-0.05, 0) is 48.0 Å². The summed E-state index contributed by atoms with van der Waals surface area (Å²) >= 11 is 3.24. The Labute approximate surface area is 114 Å². The Kier molecular flexibility index (Phi) is 5.29. The summed E-state index contributed by atoms with van der Waals surface area (Å²) in [6, 6.07) is 5.96. The molecule has 1 aromatic carbocycles. The lowest BCUT2D eigenvalue weighted by Gasteiger charge is -2.26. The standard InChI is InChI=1S/C13H14BrFN2O/c1-9(2)17(7-3-6-16)13(18)11-8-10(15)4-5-12(11)14/h4-5,8-9H,3,7H2,1-2H3. The number of hydrogen-bond acceptors (Lipinski definition) is 2. The average Bonchev–Trinajstić information content (AvgIpc) is 2.32. The molecular formula is C13H14BrFN2O. The smallest absolute Gasteiger partial charge is 0.255 e. The highest BCUT2D eigenvalue weighted by molar-refractivity contribution is 9.10. The second-order valence-corrected chi connectivity index (χ2v) is 4.98. The van der Waals surface area contributed by atoms with Crippen LogP contribution >= 0.6 is 15.9 Å². The molecule has 1 rings (SSSR count). The molecule has 0 unspecified atom stereocenters. The number of nitriles is 1. The Morgan fingerprint density at radius 1 is 1.56 bits per heavy atom. The summed E-state index contributed by atoms with van der Waals surface area (Å²) < 4.78 is 13.7. The van der Waals surface area contributed by atoms with Gasteiger partial charge in [-0.15, -0.1) is 0 Å². The van der Waals surface area contributed by atoms with E-state index in [1.807, 2.05) is 19.9 Å². The molecule has 0 heterocycles. The van der Waals surface area contributed by atoms with Crippen molar-refractivity contribution in [1.29, 1.82) is 5.26 Å². The summed E-state index contributed by atoms with van der Waals surface area (Å²) in [6.07, 6.45) is 0.261. The summed E-state index contributed by atoms with van der Waals surface area (Å²) in [5.74, 6) is -0.725. The van der Waals surface area contributed by atoms with Gasteiger partial charge in [-0.25, -0.2) is 4.39 Å². The van der Waals surface area contributed by atoms with Gasteiger partial charge in [0.15, 0.2) is 0 Å². The number of rotatable bonds is 4. The molecular weight excluding hydrogens is 299 g/mol. The molecule has 0 fully saturated rings. The lowest BCUT2D eigenvalue weighted by molar-refractivity contribution is 0.0709. The topological polar surface area (TPSA) is 44.1 Å². The minimum absolute atomic E-state index is 0.0407. The van der Waals surface area contributed by atoms with E-state index in [0.717, 1.165) is 0 Å². The molecule has 3 nitrogen and oxygen atoms in total. The van der Waals surface area contributed by atoms with Crippen molar-refractivity contribution in [2.75, 3.05) is 6.54 Å². The van der Waals surface area contributed by atoms with Crippen LogP contribution in [0.2, 0.25) is 0 Å². The van der Waals surface area contributed by atoms with Crippen molar-refractivity contribution in [3.8, 4) is 6.07 Å². The van der Waals surface area contributed by atoms with Gasteiger partial charge in [0.2, 0.25) is 0 Å². The number of amides is 1. The van der Waals surface area contributed by atoms with Crippen LogP contribution in [-0.2, 0) is 0 Å². The largest absolute Gasteiger partial charge is 0.335 e. The molecule has 0 aliphatic heterocycles. The lowest BCUT2D eigenvalue weighted by Crippen LogP contribution is -2.37. The van der Waals surface area contributed by atoms with Gasteiger partial charge in [0, 0.05) is 17.1 Å². The Morgan fingerprint density at radius 3 is 2.78 bits per heavy atom. The van der Waals surface area contributed by atoms with Gasteiger partial charge in [-0.1, -0.05) is 0 Å². The van der Waals surface area contributed by atoms with Crippen LogP contribution in [0.25, 0.3) is 0 Å². The second-order valence-electron chi connectivity index (χ2n) is 4.12. The Bertz CT molecular complexity index is 482. The molecule has 5 heteroatoms. The zero-order chi connectivity index (χ0) is 13.7. The van der Waals surface area contributed by atoms with E-state index in [2.05, 4.69) is 15.9 Å². The van der Waals surface area contributed by atoms with Crippen molar-refractivity contribution in [2.24, 2.45) is 0 Å². The third-order valence-electron chi connectivity index (χ3n) is 2.51. The summed E-state index contributed by atoms with van der Waals surface area (Å²) in [4.78, 5) is 13.8. The molecule has 0 radical (unpaired) electrons. The molecule has 0 atom stereocenters. The predicted molar refractivity (Wildman–Crippen MR) is 70.5 cm³/mol. The van der Waals surface area contributed by atoms with Crippen LogP contribution in [0.5, 0.6) is 0 Å². The fraction of sp³-hybridized carbons (Fsp3) is 0.385. The quantitative estimate of drug-likeness (QED) is 0.855. The highest BCUT2D eigenvalue weighted by Crippen LogP contribution is 2.20. The third-order valence-corrected chi connectivity index (χ3v) is 3.20. The average molecular weight is 313 g/mol. The minimum Gasteiger partial charge on any atom is -0.335 e. The van der Waals surface area contributed by atoms with Crippen LogP contribution in [0.1, 0.15) is 30.6 Å². The zero-order valence-corrected chi connectivity index (χ0v) is 11.9. The van der Waals surface area contributed by atoms with E-state index in [1.165, 1.54) is 18.2 Å². The van der Waals surface area contributed by atoms with Gasteiger partial charge in [0.25, 0.3) is 5.91 Å². The first-order valence-corrected chi connectivity index (χ1v) is 6.39. The Morgan fingerprint density at radius 2 is 2.22 bits per heavy atom. The number of hydrogen-bond donors (Lipinski definition) is 0. The van der Waals surface area contributed by atoms with E-state index in [4.69, 9.17) is 5.26 Å². The molecule has 0 spiro atoms. The van der Waals surface area contributed by atoms with Crippen molar-refractivity contribution in [3.63, 3.8) is 0 Å². The maximum Gasteiger partial charge on any atom is 0.255 e. The third kappa shape index (κ3) is 3.54. The normalized spacial score (nSPS) is 10.2. The van der Waals surface area contributed by atoms with E-state index in [-0.39, 0.29) is 23.9 Å². The maximum absolute atomic E-state index is 13.2. The fourth-order valence-electron chi connectivity index (χ4n) is 1.58. The molecule has 96 valence electrons. The van der Waals surface area contributed by atoms with Gasteiger partial charge in [0.1, 0.15) is 5.82 Å². The minimum atomic E-state index is -0.453. The number of benzene rings is 1. The number of nitrogens with zero attached hydrogens (tertiary/aromatic N) is 2. The van der Waals surface area contributed by atoms with Gasteiger partial charge in [-0.2, -0.15) is 5.26 Å². The van der Waals surface area contributed by atoms with Gasteiger partial charge < -0.3 is 4.90 Å². The fourth-order valence-corrected chi connectivity index (χ4v) is 2.00. The van der Waals surface area contributed by atoms with Crippen LogP contribution in [0, 0.1) is 17.1 Å². The molecule has 0 saturated heterocycles. The second kappa shape index (κ2) is 6.50. The summed E-state index contributed by atoms with van der Waals surface area (Å²) in [6.45, 7) is 4.07. The Hall–Kier alpha value is -1.41. The van der Waals surface area contributed by atoms with Crippen molar-refractivity contribution in [1.82, 2.24) is 4.90 Å². The molecule has 18 heavy (non-hydrogen) atoms. The lowest BCUT2D eigenvalue weighted by atomic mass is 10.1. The van der Waals surface area contributed by atoms with Gasteiger partial charge >= 0.3 is 0 Å². The van der Waals surface area contributed by atoms with Crippen molar-refractivity contribution in [2.45, 2.75) is 26.3 Å². The zero-order valence-electron chi connectivity index (χ0n) is 10.3. The van der Waals surface area contributed by atoms with E-state index >= 15 is 0 Å². The van der Waals surface area contributed by atoms with Crippen molar-refractivity contribution >= 4 is 21.8 Å². The van der Waals surface area contributed by atoms with Gasteiger partial charge in [-0.3, -0.25) is 4.79 Å². The molecule has 0 N–H and O–H groups in total. The van der Waals surface area contributed by atoms with E-state index < -0.39 is 5.82 Å². The first kappa shape index (κ1) is 14.7. The molecule has 1 amide bonds. The highest BCUT2D eigenvalue weighted by Gasteiger charge is 2.20. The summed E-state index contributed by atoms with van der Waals surface area (Å²) in [5.41, 5.74) is 0.279. The molecule has 0 bridgehead atoms. The first-order chi connectivity index (χ1) is 8.47. The van der Waals surface area contributed by atoms with Crippen LogP contribution < -0.4 is 0 Å². The number of carbonyl (C=O) groups excluding carboxylic acids is 1. The highest BCUT2D eigenvalue weighted by atomic mass is 79.9. The monoisotopic (exact) mass is 312 g/mol. The Balaban J connectivity index is 3.02. The summed E-state index contributed by atoms with van der Waals surface area (Å²) in [7, 11) is 0. The van der Waals surface area contributed by atoms with Crippen LogP contribution in [0.15, 0.2) is 22.7 Å². The van der Waals surface area contributed by atoms with E-state index in [9.17, 15) is 9.18 Å². The molecule has 1 aromatic rings. The maximum atomic E-state index is 13.2. The molecule has 0 aliphatic rings. The first-order valence-electron chi connectivity index (χ1n) is 5.60. The van der Waals surface area contributed by atoms with Crippen LogP contribution in [0.3, 0.4) is 0 Å². The molecule has 0 aliphatic carbocycles. The number of carbonyl (C=O) groups is 1. The van der Waals surface area contributed by atoms with Crippen LogP contribution in [0.4, 0.5) is 4.39 Å². The van der Waals surface area contributed by atoms with E-state index in [1.54, 1.807) is 4.90 Å². The molecule has 0 aromatic heterocycles. The van der Waals surface area contributed by atoms with Gasteiger partial charge in [0.05, 0.1) is 18.1 Å². The SMILES string of the molecule is CC(C)N(CCC#N)C(=O)c1cc(F)ccc1Br. The van der Waals surface area contributed by atoms with Crippen molar-refractivity contribution < 1.29 is 9.18 Å². The van der Waals surface area contributed by atoms with Crippen molar-refractivity contribution in [3.05, 3.63) is 34.1 Å². The number of halogens is 2. The van der Waals surface area contributed by atoms with Crippen LogP contribution in [-0.4, -0.2) is 23.4 Å².